The zero-order chi connectivity index (χ0) is 15.1. The summed E-state index contributed by atoms with van der Waals surface area (Å²) in [5.74, 6) is 7.06. The third-order valence-corrected chi connectivity index (χ3v) is 6.35. The van der Waals surface area contributed by atoms with Crippen LogP contribution in [0.2, 0.25) is 0 Å². The molecule has 2 heteroatoms. The minimum atomic E-state index is -0.0840. The van der Waals surface area contributed by atoms with Crippen molar-refractivity contribution in [2.75, 3.05) is 0 Å². The summed E-state index contributed by atoms with van der Waals surface area (Å²) in [7, 11) is 0. The van der Waals surface area contributed by atoms with Gasteiger partial charge in [-0.05, 0) is 55.4 Å². The third kappa shape index (κ3) is 2.04. The lowest BCUT2D eigenvalue weighted by molar-refractivity contribution is -0.131. The fraction of sp³-hybridized carbons (Fsp3) is 0.684. The van der Waals surface area contributed by atoms with Crippen LogP contribution in [0.4, 0.5) is 0 Å². The van der Waals surface area contributed by atoms with E-state index in [1.54, 1.807) is 0 Å². The Hall–Kier alpha value is -1.54. The highest BCUT2D eigenvalue weighted by Gasteiger charge is 2.55. The first-order valence-electron chi connectivity index (χ1n) is 8.19. The molecule has 3 aliphatic carbocycles. The van der Waals surface area contributed by atoms with Crippen LogP contribution >= 0.6 is 0 Å². The Morgan fingerprint density at radius 3 is 2.90 bits per heavy atom. The Bertz CT molecular complexity index is 599. The first-order valence-corrected chi connectivity index (χ1v) is 8.19. The third-order valence-electron chi connectivity index (χ3n) is 6.35. The van der Waals surface area contributed by atoms with Crippen LogP contribution in [0, 0.1) is 45.8 Å². The van der Waals surface area contributed by atoms with Gasteiger partial charge in [-0.2, -0.15) is 5.26 Å². The molecule has 4 atom stereocenters. The molecule has 3 rings (SSSR count). The molecule has 0 aromatic rings. The van der Waals surface area contributed by atoms with Gasteiger partial charge in [0.2, 0.25) is 0 Å². The second-order valence-electron chi connectivity index (χ2n) is 7.27. The molecule has 0 spiro atoms. The molecule has 0 aliphatic heterocycles. The Balaban J connectivity index is 2.06. The van der Waals surface area contributed by atoms with E-state index in [0.29, 0.717) is 18.1 Å². The number of hydrogen-bond donors (Lipinski definition) is 0. The van der Waals surface area contributed by atoms with Crippen LogP contribution in [0.25, 0.3) is 0 Å². The summed E-state index contributed by atoms with van der Waals surface area (Å²) in [6.07, 6.45) is 9.51. The van der Waals surface area contributed by atoms with Crippen LogP contribution in [0.3, 0.4) is 0 Å². The Morgan fingerprint density at radius 1 is 1.33 bits per heavy atom. The topological polar surface area (TPSA) is 40.9 Å². The number of allylic oxidation sites excluding steroid dienone is 2. The molecule has 0 bridgehead atoms. The molecule has 0 radical (unpaired) electrons. The Labute approximate surface area is 127 Å². The second kappa shape index (κ2) is 5.03. The van der Waals surface area contributed by atoms with Gasteiger partial charge in [-0.3, -0.25) is 4.79 Å². The number of nitriles is 1. The molecule has 0 heterocycles. The molecule has 21 heavy (non-hydrogen) atoms. The lowest BCUT2D eigenvalue weighted by Gasteiger charge is -2.56. The summed E-state index contributed by atoms with van der Waals surface area (Å²) in [5.41, 5.74) is 1.48. The van der Waals surface area contributed by atoms with E-state index in [2.05, 4.69) is 31.8 Å². The van der Waals surface area contributed by atoms with Crippen LogP contribution < -0.4 is 0 Å². The first-order chi connectivity index (χ1) is 10.0. The molecule has 0 N–H and O–H groups in total. The SMILES string of the molecule is CC1C(=O)CCC2(C)C3=CCCCC3(C#CC#N)CCC12. The molecule has 0 saturated heterocycles. The van der Waals surface area contributed by atoms with E-state index in [1.807, 2.05) is 6.07 Å². The Kier molecular flexibility index (Phi) is 3.45. The van der Waals surface area contributed by atoms with Gasteiger partial charge in [0.05, 0.1) is 5.41 Å². The molecule has 0 aromatic carbocycles. The number of hydrogen-bond acceptors (Lipinski definition) is 2. The van der Waals surface area contributed by atoms with E-state index in [-0.39, 0.29) is 16.7 Å². The minimum Gasteiger partial charge on any atom is -0.299 e. The highest BCUT2D eigenvalue weighted by atomic mass is 16.1. The number of rotatable bonds is 0. The molecule has 2 nitrogen and oxygen atoms in total. The molecular formula is C19H23NO. The Morgan fingerprint density at radius 2 is 2.14 bits per heavy atom. The zero-order valence-corrected chi connectivity index (χ0v) is 13.0. The van der Waals surface area contributed by atoms with Crippen molar-refractivity contribution in [1.82, 2.24) is 0 Å². The largest absolute Gasteiger partial charge is 0.299 e. The van der Waals surface area contributed by atoms with Crippen molar-refractivity contribution in [2.24, 2.45) is 22.7 Å². The quantitative estimate of drug-likeness (QED) is 0.497. The van der Waals surface area contributed by atoms with Crippen LogP contribution in [0.1, 0.15) is 58.8 Å². The van der Waals surface area contributed by atoms with Crippen molar-refractivity contribution in [3.63, 3.8) is 0 Å². The van der Waals surface area contributed by atoms with Gasteiger partial charge in [-0.25, -0.2) is 0 Å². The van der Waals surface area contributed by atoms with Gasteiger partial charge in [0.15, 0.2) is 6.07 Å². The summed E-state index contributed by atoms with van der Waals surface area (Å²) in [4.78, 5) is 12.1. The smallest absolute Gasteiger partial charge is 0.152 e. The average molecular weight is 281 g/mol. The predicted molar refractivity (Wildman–Crippen MR) is 82.0 cm³/mol. The fourth-order valence-corrected chi connectivity index (χ4v) is 5.24. The maximum atomic E-state index is 12.1. The van der Waals surface area contributed by atoms with Crippen LogP contribution in [-0.4, -0.2) is 5.78 Å². The van der Waals surface area contributed by atoms with Gasteiger partial charge in [0.1, 0.15) is 5.78 Å². The maximum Gasteiger partial charge on any atom is 0.152 e. The first kappa shape index (κ1) is 14.4. The maximum absolute atomic E-state index is 12.1. The number of carbonyl (C=O) groups is 1. The molecule has 110 valence electrons. The van der Waals surface area contributed by atoms with Gasteiger partial charge in [-0.15, -0.1) is 0 Å². The highest BCUT2D eigenvalue weighted by molar-refractivity contribution is 5.82. The van der Waals surface area contributed by atoms with Crippen LogP contribution in [0.15, 0.2) is 11.6 Å². The van der Waals surface area contributed by atoms with Crippen molar-refractivity contribution in [1.29, 1.82) is 5.26 Å². The number of Topliss-reactive ketones (excluding diaryl/α,β-unsaturated/α-hetero) is 1. The van der Waals surface area contributed by atoms with Gasteiger partial charge < -0.3 is 0 Å². The van der Waals surface area contributed by atoms with Crippen LogP contribution in [0.5, 0.6) is 0 Å². The molecule has 2 fully saturated rings. The molecular weight excluding hydrogens is 258 g/mol. The summed E-state index contributed by atoms with van der Waals surface area (Å²) in [6.45, 7) is 4.46. The van der Waals surface area contributed by atoms with Crippen molar-refractivity contribution in [3.05, 3.63) is 11.6 Å². The summed E-state index contributed by atoms with van der Waals surface area (Å²) in [5, 5.41) is 8.87. The lowest BCUT2D eigenvalue weighted by atomic mass is 9.47. The van der Waals surface area contributed by atoms with Gasteiger partial charge in [-0.1, -0.05) is 25.8 Å². The molecule has 0 amide bonds. The fourth-order valence-electron chi connectivity index (χ4n) is 5.24. The van der Waals surface area contributed by atoms with E-state index in [0.717, 1.165) is 32.1 Å². The monoisotopic (exact) mass is 281 g/mol. The van der Waals surface area contributed by atoms with E-state index in [4.69, 9.17) is 5.26 Å². The molecule has 4 unspecified atom stereocenters. The van der Waals surface area contributed by atoms with Crippen molar-refractivity contribution in [2.45, 2.75) is 58.8 Å². The number of ketones is 1. The van der Waals surface area contributed by atoms with Gasteiger partial charge in [0, 0.05) is 18.3 Å². The summed E-state index contributed by atoms with van der Waals surface area (Å²) in [6, 6.07) is 2.00. The van der Waals surface area contributed by atoms with E-state index >= 15 is 0 Å². The normalized spacial score (nSPS) is 41.8. The van der Waals surface area contributed by atoms with Crippen molar-refractivity contribution >= 4 is 5.78 Å². The number of nitrogens with zero attached hydrogens (tertiary/aromatic N) is 1. The zero-order valence-electron chi connectivity index (χ0n) is 13.0. The highest BCUT2D eigenvalue weighted by Crippen LogP contribution is 2.62. The van der Waals surface area contributed by atoms with Crippen molar-refractivity contribution in [3.8, 4) is 17.9 Å². The van der Waals surface area contributed by atoms with Gasteiger partial charge >= 0.3 is 0 Å². The van der Waals surface area contributed by atoms with Gasteiger partial charge in [0.25, 0.3) is 0 Å². The number of carbonyl (C=O) groups excluding carboxylic acids is 1. The minimum absolute atomic E-state index is 0.0840. The second-order valence-corrected chi connectivity index (χ2v) is 7.27. The van der Waals surface area contributed by atoms with Crippen molar-refractivity contribution < 1.29 is 4.79 Å². The number of fused-ring (bicyclic) bond motifs is 3. The van der Waals surface area contributed by atoms with Crippen LogP contribution in [-0.2, 0) is 4.79 Å². The van der Waals surface area contributed by atoms with E-state index in [9.17, 15) is 4.79 Å². The lowest BCUT2D eigenvalue weighted by Crippen LogP contribution is -2.50. The van der Waals surface area contributed by atoms with E-state index in [1.165, 1.54) is 12.0 Å². The standard InChI is InChI=1S/C19H23NO/c1-14-15-7-12-19(10-5-13-20)9-4-3-6-17(19)18(15,2)11-8-16(14)21/h6,14-15H,3-4,7-9,11-12H2,1-2H3. The summed E-state index contributed by atoms with van der Waals surface area (Å²) < 4.78 is 0. The molecule has 3 aliphatic rings. The molecule has 0 aromatic heterocycles. The molecule has 2 saturated carbocycles. The summed E-state index contributed by atoms with van der Waals surface area (Å²) >= 11 is 0. The average Bonchev–Trinajstić information content (AvgIpc) is 2.50. The predicted octanol–water partition coefficient (Wildman–Crippen LogP) is 4.03. The van der Waals surface area contributed by atoms with E-state index < -0.39 is 0 Å².